The van der Waals surface area contributed by atoms with E-state index in [9.17, 15) is 0 Å². The Morgan fingerprint density at radius 3 is 1.86 bits per heavy atom. The van der Waals surface area contributed by atoms with Gasteiger partial charge in [-0.1, -0.05) is 51.4 Å². The van der Waals surface area contributed by atoms with Crippen LogP contribution < -0.4 is 0 Å². The average Bonchev–Trinajstić information content (AvgIpc) is 2.23. The third-order valence-corrected chi connectivity index (χ3v) is 3.06. The van der Waals surface area contributed by atoms with Crippen LogP contribution in [0.1, 0.15) is 40.5 Å². The van der Waals surface area contributed by atoms with Gasteiger partial charge < -0.3 is 4.74 Å². The molecule has 0 saturated heterocycles. The van der Waals surface area contributed by atoms with Gasteiger partial charge in [-0.25, -0.2) is 0 Å². The summed E-state index contributed by atoms with van der Waals surface area (Å²) in [7, 11) is 1.79. The number of rotatable bonds is 7. The summed E-state index contributed by atoms with van der Waals surface area (Å²) in [4.78, 5) is 0. The van der Waals surface area contributed by atoms with Gasteiger partial charge in [-0.2, -0.15) is 0 Å². The lowest BCUT2D eigenvalue weighted by Crippen LogP contribution is -2.17. The minimum absolute atomic E-state index is 0.769. The van der Waals surface area contributed by atoms with Gasteiger partial charge >= 0.3 is 0 Å². The van der Waals surface area contributed by atoms with Crippen molar-refractivity contribution in [2.45, 2.75) is 53.2 Å². The lowest BCUT2D eigenvalue weighted by atomic mass is 9.39. The Morgan fingerprint density at radius 1 is 1.00 bits per heavy atom. The van der Waals surface area contributed by atoms with Crippen molar-refractivity contribution >= 4 is 6.71 Å². The lowest BCUT2D eigenvalue weighted by molar-refractivity contribution is 0.223. The maximum atomic E-state index is 5.26. The van der Waals surface area contributed by atoms with Gasteiger partial charge in [0.25, 0.3) is 0 Å². The monoisotopic (exact) mass is 196 g/mol. The second kappa shape index (κ2) is 8.10. The fourth-order valence-electron chi connectivity index (χ4n) is 2.20. The maximum absolute atomic E-state index is 5.26. The van der Waals surface area contributed by atoms with Crippen LogP contribution in [0.2, 0.25) is 12.6 Å². The molecule has 0 unspecified atom stereocenters. The molecule has 0 aromatic heterocycles. The fraction of sp³-hybridized carbons (Fsp3) is 0.833. The number of methoxy groups -OCH3 is 1. The second-order valence-electron chi connectivity index (χ2n) is 3.78. The van der Waals surface area contributed by atoms with Crippen LogP contribution in [-0.2, 0) is 4.74 Å². The first kappa shape index (κ1) is 13.8. The van der Waals surface area contributed by atoms with E-state index in [1.807, 2.05) is 0 Å². The lowest BCUT2D eigenvalue weighted by Gasteiger charge is -2.18. The van der Waals surface area contributed by atoms with Crippen molar-refractivity contribution in [1.29, 1.82) is 0 Å². The molecule has 0 saturated carbocycles. The van der Waals surface area contributed by atoms with Gasteiger partial charge in [0, 0.05) is 7.11 Å². The van der Waals surface area contributed by atoms with Crippen LogP contribution >= 0.6 is 0 Å². The summed E-state index contributed by atoms with van der Waals surface area (Å²) in [5, 5.41) is 0. The molecule has 0 aromatic carbocycles. The molecule has 82 valence electrons. The standard InChI is InChI=1S/C12H25BO/c1-6-11(10-14-5)12(7-2)13(8-3)9-4/h6-10H2,1-5H3/b12-11-. The molecule has 0 aliphatic carbocycles. The predicted molar refractivity (Wildman–Crippen MR) is 66.2 cm³/mol. The molecule has 0 rings (SSSR count). The summed E-state index contributed by atoms with van der Waals surface area (Å²) < 4.78 is 5.26. The van der Waals surface area contributed by atoms with Crippen LogP contribution in [-0.4, -0.2) is 20.4 Å². The normalized spacial score (nSPS) is 12.6. The Labute approximate surface area is 90.0 Å². The minimum Gasteiger partial charge on any atom is -0.380 e. The molecule has 0 N–H and O–H groups in total. The van der Waals surface area contributed by atoms with E-state index >= 15 is 0 Å². The highest BCUT2D eigenvalue weighted by atomic mass is 16.5. The summed E-state index contributed by atoms with van der Waals surface area (Å²) in [6.45, 7) is 10.6. The smallest absolute Gasteiger partial charge is 0.170 e. The molecule has 0 radical (unpaired) electrons. The van der Waals surface area contributed by atoms with Crippen LogP contribution in [0.4, 0.5) is 0 Å². The van der Waals surface area contributed by atoms with Crippen molar-refractivity contribution in [1.82, 2.24) is 0 Å². The Bertz CT molecular complexity index is 171. The van der Waals surface area contributed by atoms with Gasteiger partial charge in [-0.3, -0.25) is 0 Å². The van der Waals surface area contributed by atoms with E-state index in [-0.39, 0.29) is 0 Å². The first-order valence-corrected chi connectivity index (χ1v) is 5.94. The van der Waals surface area contributed by atoms with Gasteiger partial charge in [0.1, 0.15) is 0 Å². The van der Waals surface area contributed by atoms with Gasteiger partial charge in [0.2, 0.25) is 0 Å². The molecule has 0 spiro atoms. The molecule has 0 bridgehead atoms. The van der Waals surface area contributed by atoms with Crippen LogP contribution in [0.15, 0.2) is 11.0 Å². The van der Waals surface area contributed by atoms with Gasteiger partial charge in [0.05, 0.1) is 6.61 Å². The van der Waals surface area contributed by atoms with Gasteiger partial charge in [0.15, 0.2) is 6.71 Å². The number of hydrogen-bond donors (Lipinski definition) is 0. The molecule has 2 heteroatoms. The molecule has 0 aliphatic rings. The number of hydrogen-bond acceptors (Lipinski definition) is 1. The number of allylic oxidation sites excluding steroid dienone is 1. The zero-order valence-corrected chi connectivity index (χ0v) is 10.5. The van der Waals surface area contributed by atoms with Crippen molar-refractivity contribution in [3.05, 3.63) is 11.0 Å². The van der Waals surface area contributed by atoms with E-state index in [4.69, 9.17) is 4.74 Å². The van der Waals surface area contributed by atoms with E-state index in [0.29, 0.717) is 0 Å². The highest BCUT2D eigenvalue weighted by Crippen LogP contribution is 2.20. The average molecular weight is 196 g/mol. The van der Waals surface area contributed by atoms with Crippen molar-refractivity contribution in [3.63, 3.8) is 0 Å². The summed E-state index contributed by atoms with van der Waals surface area (Å²) >= 11 is 0. The summed E-state index contributed by atoms with van der Waals surface area (Å²) in [6.07, 6.45) is 4.83. The Kier molecular flexibility index (Phi) is 7.97. The first-order chi connectivity index (χ1) is 6.74. The van der Waals surface area contributed by atoms with Crippen molar-refractivity contribution in [3.8, 4) is 0 Å². The molecule has 0 aliphatic heterocycles. The quantitative estimate of drug-likeness (QED) is 0.562. The predicted octanol–water partition coefficient (Wildman–Crippen LogP) is 3.82. The van der Waals surface area contributed by atoms with E-state index in [2.05, 4.69) is 27.7 Å². The first-order valence-electron chi connectivity index (χ1n) is 5.94. The molecule has 0 heterocycles. The molecular formula is C12H25BO. The summed E-state index contributed by atoms with van der Waals surface area (Å²) in [6, 6.07) is 0. The Balaban J connectivity index is 4.74. The molecule has 1 nitrogen and oxygen atoms in total. The third kappa shape index (κ3) is 3.87. The van der Waals surface area contributed by atoms with Crippen molar-refractivity contribution in [2.24, 2.45) is 0 Å². The molecule has 0 aromatic rings. The van der Waals surface area contributed by atoms with Crippen LogP contribution in [0.25, 0.3) is 0 Å². The topological polar surface area (TPSA) is 9.23 Å². The minimum atomic E-state index is 0.769. The molecular weight excluding hydrogens is 171 g/mol. The van der Waals surface area contributed by atoms with Crippen LogP contribution in [0, 0.1) is 0 Å². The van der Waals surface area contributed by atoms with Gasteiger partial charge in [-0.15, -0.1) is 0 Å². The number of ether oxygens (including phenoxy) is 1. The van der Waals surface area contributed by atoms with Crippen molar-refractivity contribution in [2.75, 3.05) is 13.7 Å². The molecule has 14 heavy (non-hydrogen) atoms. The highest BCUT2D eigenvalue weighted by Gasteiger charge is 2.16. The van der Waals surface area contributed by atoms with Crippen LogP contribution in [0.5, 0.6) is 0 Å². The highest BCUT2D eigenvalue weighted by molar-refractivity contribution is 6.66. The van der Waals surface area contributed by atoms with Crippen LogP contribution in [0.3, 0.4) is 0 Å². The Morgan fingerprint density at radius 2 is 1.57 bits per heavy atom. The van der Waals surface area contributed by atoms with E-state index in [0.717, 1.165) is 19.7 Å². The zero-order valence-electron chi connectivity index (χ0n) is 10.5. The van der Waals surface area contributed by atoms with Crippen molar-refractivity contribution < 1.29 is 4.74 Å². The van der Waals surface area contributed by atoms with E-state index in [1.54, 1.807) is 12.6 Å². The SMILES string of the molecule is CCB(CC)/C(CC)=C(/CC)COC. The summed E-state index contributed by atoms with van der Waals surface area (Å²) in [5.41, 5.74) is 3.16. The largest absolute Gasteiger partial charge is 0.380 e. The third-order valence-electron chi connectivity index (χ3n) is 3.06. The zero-order chi connectivity index (χ0) is 11.0. The molecule has 0 amide bonds. The second-order valence-corrected chi connectivity index (χ2v) is 3.78. The Hall–Kier alpha value is -0.235. The maximum Gasteiger partial charge on any atom is 0.170 e. The molecule has 0 atom stereocenters. The van der Waals surface area contributed by atoms with E-state index < -0.39 is 0 Å². The van der Waals surface area contributed by atoms with E-state index in [1.165, 1.54) is 24.6 Å². The molecule has 0 fully saturated rings. The summed E-state index contributed by atoms with van der Waals surface area (Å²) in [5.74, 6) is 0. The fourth-order valence-corrected chi connectivity index (χ4v) is 2.20. The van der Waals surface area contributed by atoms with Gasteiger partial charge in [-0.05, 0) is 12.8 Å².